The summed E-state index contributed by atoms with van der Waals surface area (Å²) in [4.78, 5) is 18.9. The second-order valence-electron chi connectivity index (χ2n) is 5.65. The van der Waals surface area contributed by atoms with Gasteiger partial charge in [0.1, 0.15) is 5.82 Å². The summed E-state index contributed by atoms with van der Waals surface area (Å²) in [5.74, 6) is 0.882. The molecule has 1 saturated heterocycles. The number of hydrogen-bond acceptors (Lipinski definition) is 4. The van der Waals surface area contributed by atoms with Crippen molar-refractivity contribution in [3.05, 3.63) is 23.9 Å². The summed E-state index contributed by atoms with van der Waals surface area (Å²) in [7, 11) is 0. The average Bonchev–Trinajstić information content (AvgIpc) is 3.05. The van der Waals surface area contributed by atoms with E-state index in [4.69, 9.17) is 5.73 Å². The first-order valence-corrected chi connectivity index (χ1v) is 7.96. The van der Waals surface area contributed by atoms with Crippen molar-refractivity contribution in [1.29, 1.82) is 0 Å². The number of nitrogens with one attached hydrogen (secondary N) is 1. The topological polar surface area (TPSA) is 71.2 Å². The highest BCUT2D eigenvalue weighted by atomic mass is 35.5. The second kappa shape index (κ2) is 11.5. The van der Waals surface area contributed by atoms with Crippen molar-refractivity contribution in [1.82, 2.24) is 10.3 Å². The Hall–Kier alpha value is -1.04. The number of halogens is 2. The Bertz CT molecular complexity index is 450. The van der Waals surface area contributed by atoms with Gasteiger partial charge in [0, 0.05) is 31.9 Å². The van der Waals surface area contributed by atoms with Gasteiger partial charge in [0.2, 0.25) is 0 Å². The standard InChI is InChI=1S/C16H26N4O.2ClH/c1-2-3-6-14(11-17)19-16(21)13-7-8-15(18-12-13)20-9-4-5-10-20;;/h7-8,12,14H,2-6,9-11,17H2,1H3,(H,19,21);2*1H. The highest BCUT2D eigenvalue weighted by Gasteiger charge is 2.15. The second-order valence-corrected chi connectivity index (χ2v) is 5.65. The van der Waals surface area contributed by atoms with Gasteiger partial charge in [-0.2, -0.15) is 0 Å². The minimum Gasteiger partial charge on any atom is -0.357 e. The molecule has 1 fully saturated rings. The fraction of sp³-hybridized carbons (Fsp3) is 0.625. The SMILES string of the molecule is CCCCC(CN)NC(=O)c1ccc(N2CCCC2)nc1.Cl.Cl. The predicted molar refractivity (Wildman–Crippen MR) is 100 cm³/mol. The molecule has 0 spiro atoms. The summed E-state index contributed by atoms with van der Waals surface area (Å²) in [5, 5.41) is 2.99. The first-order chi connectivity index (χ1) is 10.2. The van der Waals surface area contributed by atoms with Crippen molar-refractivity contribution in [2.75, 3.05) is 24.5 Å². The first-order valence-electron chi connectivity index (χ1n) is 7.96. The van der Waals surface area contributed by atoms with E-state index < -0.39 is 0 Å². The number of unbranched alkanes of at least 4 members (excludes halogenated alkanes) is 1. The smallest absolute Gasteiger partial charge is 0.253 e. The summed E-state index contributed by atoms with van der Waals surface area (Å²) < 4.78 is 0. The molecule has 1 aromatic heterocycles. The van der Waals surface area contributed by atoms with Crippen molar-refractivity contribution < 1.29 is 4.79 Å². The predicted octanol–water partition coefficient (Wildman–Crippen LogP) is 2.77. The van der Waals surface area contributed by atoms with Crippen LogP contribution in [0.25, 0.3) is 0 Å². The number of pyridine rings is 1. The van der Waals surface area contributed by atoms with Gasteiger partial charge in [0.05, 0.1) is 5.56 Å². The monoisotopic (exact) mass is 362 g/mol. The molecule has 1 aromatic rings. The lowest BCUT2D eigenvalue weighted by Gasteiger charge is -2.18. The lowest BCUT2D eigenvalue weighted by molar-refractivity contribution is 0.0935. The first kappa shape index (κ1) is 22.0. The van der Waals surface area contributed by atoms with Crippen LogP contribution >= 0.6 is 24.8 Å². The van der Waals surface area contributed by atoms with Crippen molar-refractivity contribution in [3.8, 4) is 0 Å². The summed E-state index contributed by atoms with van der Waals surface area (Å²) >= 11 is 0. The zero-order valence-electron chi connectivity index (χ0n) is 13.7. The van der Waals surface area contributed by atoms with Crippen molar-refractivity contribution >= 4 is 36.5 Å². The summed E-state index contributed by atoms with van der Waals surface area (Å²) in [6, 6.07) is 3.84. The van der Waals surface area contributed by atoms with E-state index in [1.807, 2.05) is 12.1 Å². The zero-order chi connectivity index (χ0) is 15.1. The van der Waals surface area contributed by atoms with E-state index in [2.05, 4.69) is 22.1 Å². The van der Waals surface area contributed by atoms with Gasteiger partial charge in [0.15, 0.2) is 0 Å². The highest BCUT2D eigenvalue weighted by Crippen LogP contribution is 2.17. The largest absolute Gasteiger partial charge is 0.357 e. The maximum atomic E-state index is 12.2. The van der Waals surface area contributed by atoms with Gasteiger partial charge < -0.3 is 16.0 Å². The third kappa shape index (κ3) is 6.53. The van der Waals surface area contributed by atoms with Crippen LogP contribution < -0.4 is 16.0 Å². The third-order valence-electron chi connectivity index (χ3n) is 3.97. The molecule has 5 nitrogen and oxygen atoms in total. The molecule has 7 heteroatoms. The van der Waals surface area contributed by atoms with Crippen LogP contribution in [-0.4, -0.2) is 36.6 Å². The Morgan fingerprint density at radius 2 is 2.04 bits per heavy atom. The molecule has 0 aliphatic carbocycles. The number of carbonyl (C=O) groups is 1. The fourth-order valence-corrected chi connectivity index (χ4v) is 2.62. The molecule has 1 atom stereocenters. The lowest BCUT2D eigenvalue weighted by Crippen LogP contribution is -2.40. The van der Waals surface area contributed by atoms with Gasteiger partial charge >= 0.3 is 0 Å². The molecule has 0 aromatic carbocycles. The van der Waals surface area contributed by atoms with Crippen molar-refractivity contribution in [2.24, 2.45) is 5.73 Å². The number of anilines is 1. The summed E-state index contributed by atoms with van der Waals surface area (Å²) in [6.45, 7) is 4.73. The molecule has 132 valence electrons. The van der Waals surface area contributed by atoms with Crippen LogP contribution in [0.1, 0.15) is 49.4 Å². The Balaban J connectivity index is 0.00000242. The van der Waals surface area contributed by atoms with E-state index in [0.717, 1.165) is 38.2 Å². The molecule has 1 aliphatic rings. The van der Waals surface area contributed by atoms with Crippen LogP contribution in [0, 0.1) is 0 Å². The number of carbonyl (C=O) groups excluding carboxylic acids is 1. The van der Waals surface area contributed by atoms with E-state index >= 15 is 0 Å². The van der Waals surface area contributed by atoms with E-state index in [9.17, 15) is 4.79 Å². The number of nitrogens with two attached hydrogens (primary N) is 1. The van der Waals surface area contributed by atoms with Crippen molar-refractivity contribution in [2.45, 2.75) is 45.1 Å². The van der Waals surface area contributed by atoms with Gasteiger partial charge in [-0.3, -0.25) is 4.79 Å². The lowest BCUT2D eigenvalue weighted by atomic mass is 10.1. The maximum absolute atomic E-state index is 12.2. The number of hydrogen-bond donors (Lipinski definition) is 2. The molecule has 1 aliphatic heterocycles. The highest BCUT2D eigenvalue weighted by molar-refractivity contribution is 5.94. The fourth-order valence-electron chi connectivity index (χ4n) is 2.62. The van der Waals surface area contributed by atoms with Gasteiger partial charge in [-0.15, -0.1) is 24.8 Å². The zero-order valence-corrected chi connectivity index (χ0v) is 15.3. The molecule has 3 N–H and O–H groups in total. The Morgan fingerprint density at radius 1 is 1.35 bits per heavy atom. The molecule has 0 bridgehead atoms. The Kier molecular flexibility index (Phi) is 11.0. The van der Waals surface area contributed by atoms with E-state index in [0.29, 0.717) is 12.1 Å². The number of aromatic nitrogens is 1. The molecule has 1 unspecified atom stereocenters. The summed E-state index contributed by atoms with van der Waals surface area (Å²) in [5.41, 5.74) is 6.31. The molecular weight excluding hydrogens is 335 g/mol. The van der Waals surface area contributed by atoms with Gasteiger partial charge in [-0.05, 0) is 31.4 Å². The van der Waals surface area contributed by atoms with E-state index in [1.165, 1.54) is 12.8 Å². The minimum absolute atomic E-state index is 0. The number of amides is 1. The quantitative estimate of drug-likeness (QED) is 0.782. The number of nitrogens with zero attached hydrogens (tertiary/aromatic N) is 2. The van der Waals surface area contributed by atoms with Crippen LogP contribution in [0.3, 0.4) is 0 Å². The van der Waals surface area contributed by atoms with Gasteiger partial charge in [-0.1, -0.05) is 19.8 Å². The molecule has 23 heavy (non-hydrogen) atoms. The minimum atomic E-state index is -0.0815. The van der Waals surface area contributed by atoms with Crippen LogP contribution in [0.4, 0.5) is 5.82 Å². The number of rotatable bonds is 7. The molecule has 2 heterocycles. The molecule has 2 rings (SSSR count). The van der Waals surface area contributed by atoms with E-state index in [-0.39, 0.29) is 36.8 Å². The van der Waals surface area contributed by atoms with Crippen molar-refractivity contribution in [3.63, 3.8) is 0 Å². The average molecular weight is 363 g/mol. The molecule has 0 radical (unpaired) electrons. The van der Waals surface area contributed by atoms with Gasteiger partial charge in [-0.25, -0.2) is 4.98 Å². The maximum Gasteiger partial charge on any atom is 0.253 e. The van der Waals surface area contributed by atoms with Crippen LogP contribution in [0.5, 0.6) is 0 Å². The van der Waals surface area contributed by atoms with Crippen LogP contribution in [0.15, 0.2) is 18.3 Å². The van der Waals surface area contributed by atoms with E-state index in [1.54, 1.807) is 6.20 Å². The normalized spacial score (nSPS) is 14.6. The third-order valence-corrected chi connectivity index (χ3v) is 3.97. The Labute approximate surface area is 151 Å². The molecule has 1 amide bonds. The molecule has 0 saturated carbocycles. The summed E-state index contributed by atoms with van der Waals surface area (Å²) in [6.07, 6.45) is 7.22. The Morgan fingerprint density at radius 3 is 2.57 bits per heavy atom. The van der Waals surface area contributed by atoms with Crippen LogP contribution in [-0.2, 0) is 0 Å². The van der Waals surface area contributed by atoms with Crippen LogP contribution in [0.2, 0.25) is 0 Å². The van der Waals surface area contributed by atoms with Gasteiger partial charge in [0.25, 0.3) is 5.91 Å². The molecular formula is C16H28Cl2N4O.